The first-order valence-corrected chi connectivity index (χ1v) is 6.81. The second-order valence-corrected chi connectivity index (χ2v) is 4.12. The van der Waals surface area contributed by atoms with Crippen LogP contribution < -0.4 is 10.6 Å². The Morgan fingerprint density at radius 1 is 1.35 bits per heavy atom. The summed E-state index contributed by atoms with van der Waals surface area (Å²) in [6.07, 6.45) is 2.64. The highest BCUT2D eigenvalue weighted by Gasteiger charge is 2.06. The van der Waals surface area contributed by atoms with Crippen LogP contribution in [0.25, 0.3) is 0 Å². The predicted octanol–water partition coefficient (Wildman–Crippen LogP) is 1.59. The largest absolute Gasteiger partial charge is 0.466 e. The van der Waals surface area contributed by atoms with Crippen molar-refractivity contribution in [3.05, 3.63) is 24.0 Å². The van der Waals surface area contributed by atoms with Gasteiger partial charge in [0, 0.05) is 31.4 Å². The smallest absolute Gasteiger partial charge is 0.305 e. The third-order valence-corrected chi connectivity index (χ3v) is 2.52. The van der Waals surface area contributed by atoms with Gasteiger partial charge >= 0.3 is 5.97 Å². The van der Waals surface area contributed by atoms with Crippen molar-refractivity contribution in [1.82, 2.24) is 10.3 Å². The minimum Gasteiger partial charge on any atom is -0.466 e. The van der Waals surface area contributed by atoms with E-state index in [4.69, 9.17) is 4.74 Å². The highest BCUT2D eigenvalue weighted by Crippen LogP contribution is 2.08. The van der Waals surface area contributed by atoms with Crippen LogP contribution in [0.4, 0.5) is 5.69 Å². The van der Waals surface area contributed by atoms with E-state index in [1.54, 1.807) is 25.3 Å². The number of hydrogen-bond acceptors (Lipinski definition) is 5. The van der Waals surface area contributed by atoms with E-state index in [0.717, 1.165) is 5.69 Å². The Balaban J connectivity index is 2.39. The average molecular weight is 279 g/mol. The molecule has 0 atom stereocenters. The van der Waals surface area contributed by atoms with Gasteiger partial charge in [0.25, 0.3) is 5.91 Å². The number of hydrogen-bond donors (Lipinski definition) is 2. The normalized spacial score (nSPS) is 9.90. The third-order valence-electron chi connectivity index (χ3n) is 2.52. The van der Waals surface area contributed by atoms with E-state index >= 15 is 0 Å². The number of ether oxygens (including phenoxy) is 1. The molecular weight excluding hydrogens is 258 g/mol. The number of aromatic nitrogens is 1. The first kappa shape index (κ1) is 15.9. The first-order chi connectivity index (χ1) is 9.67. The Kier molecular flexibility index (Phi) is 7.10. The topological polar surface area (TPSA) is 80.3 Å². The number of nitrogens with one attached hydrogen (secondary N) is 2. The molecule has 0 aliphatic heterocycles. The molecule has 0 fully saturated rings. The number of anilines is 1. The number of rotatable bonds is 8. The van der Waals surface area contributed by atoms with Gasteiger partial charge in [0.1, 0.15) is 5.69 Å². The summed E-state index contributed by atoms with van der Waals surface area (Å²) in [5.74, 6) is -0.380. The van der Waals surface area contributed by atoms with Crippen molar-refractivity contribution in [3.8, 4) is 0 Å². The molecule has 1 amide bonds. The zero-order chi connectivity index (χ0) is 14.8. The minimum absolute atomic E-state index is 0.188. The van der Waals surface area contributed by atoms with Crippen LogP contribution in [0.15, 0.2) is 18.3 Å². The lowest BCUT2D eigenvalue weighted by Gasteiger charge is -2.07. The molecule has 0 unspecified atom stereocenters. The number of nitrogens with zero attached hydrogens (tertiary/aromatic N) is 1. The molecule has 110 valence electrons. The Morgan fingerprint density at radius 2 is 2.15 bits per heavy atom. The maximum Gasteiger partial charge on any atom is 0.305 e. The van der Waals surface area contributed by atoms with E-state index in [1.165, 1.54) is 0 Å². The van der Waals surface area contributed by atoms with Gasteiger partial charge < -0.3 is 15.4 Å². The third kappa shape index (κ3) is 5.69. The lowest BCUT2D eigenvalue weighted by atomic mass is 10.2. The van der Waals surface area contributed by atoms with Crippen molar-refractivity contribution >= 4 is 17.6 Å². The lowest BCUT2D eigenvalue weighted by molar-refractivity contribution is -0.143. The molecule has 0 aliphatic carbocycles. The Bertz CT molecular complexity index is 449. The summed E-state index contributed by atoms with van der Waals surface area (Å²) in [4.78, 5) is 26.8. The average Bonchev–Trinajstić information content (AvgIpc) is 2.44. The molecule has 6 nitrogen and oxygen atoms in total. The molecule has 0 saturated carbocycles. The Hall–Kier alpha value is -2.11. The van der Waals surface area contributed by atoms with E-state index in [1.807, 2.05) is 6.92 Å². The minimum atomic E-state index is -0.192. The summed E-state index contributed by atoms with van der Waals surface area (Å²) < 4.78 is 4.84. The summed E-state index contributed by atoms with van der Waals surface area (Å²) in [6.45, 7) is 5.26. The first-order valence-electron chi connectivity index (χ1n) is 6.81. The van der Waals surface area contributed by atoms with E-state index in [0.29, 0.717) is 38.2 Å². The molecule has 0 spiro atoms. The van der Waals surface area contributed by atoms with Gasteiger partial charge in [0.05, 0.1) is 6.61 Å². The molecule has 1 rings (SSSR count). The molecule has 1 heterocycles. The van der Waals surface area contributed by atoms with Gasteiger partial charge in [-0.3, -0.25) is 14.6 Å². The molecule has 0 aliphatic rings. The number of amides is 1. The predicted molar refractivity (Wildman–Crippen MR) is 76.6 cm³/mol. The summed E-state index contributed by atoms with van der Waals surface area (Å²) in [5, 5.41) is 5.85. The molecule has 0 saturated heterocycles. The molecule has 0 bridgehead atoms. The molecule has 2 N–H and O–H groups in total. The van der Waals surface area contributed by atoms with Crippen molar-refractivity contribution in [2.24, 2.45) is 0 Å². The van der Waals surface area contributed by atoms with E-state index < -0.39 is 0 Å². The van der Waals surface area contributed by atoms with Crippen LogP contribution in [-0.2, 0) is 9.53 Å². The van der Waals surface area contributed by atoms with Crippen LogP contribution in [-0.4, -0.2) is 36.6 Å². The number of esters is 1. The van der Waals surface area contributed by atoms with Crippen molar-refractivity contribution < 1.29 is 14.3 Å². The van der Waals surface area contributed by atoms with Gasteiger partial charge in [-0.05, 0) is 32.4 Å². The van der Waals surface area contributed by atoms with E-state index in [2.05, 4.69) is 15.6 Å². The van der Waals surface area contributed by atoms with Gasteiger partial charge in [-0.25, -0.2) is 0 Å². The van der Waals surface area contributed by atoms with Crippen molar-refractivity contribution in [2.75, 3.05) is 25.0 Å². The fraction of sp³-hybridized carbons (Fsp3) is 0.500. The number of carbonyl (C=O) groups excluding carboxylic acids is 2. The van der Waals surface area contributed by atoms with Crippen molar-refractivity contribution in [3.63, 3.8) is 0 Å². The lowest BCUT2D eigenvalue weighted by Crippen LogP contribution is -2.23. The maximum absolute atomic E-state index is 11.6. The maximum atomic E-state index is 11.6. The van der Waals surface area contributed by atoms with Crippen LogP contribution in [0.2, 0.25) is 0 Å². The monoisotopic (exact) mass is 279 g/mol. The van der Waals surface area contributed by atoms with Crippen LogP contribution in [0.5, 0.6) is 0 Å². The van der Waals surface area contributed by atoms with Crippen molar-refractivity contribution in [2.45, 2.75) is 26.7 Å². The van der Waals surface area contributed by atoms with Gasteiger partial charge in [-0.2, -0.15) is 0 Å². The zero-order valence-corrected chi connectivity index (χ0v) is 11.9. The number of pyridine rings is 1. The van der Waals surface area contributed by atoms with Gasteiger partial charge in [-0.15, -0.1) is 0 Å². The molecular formula is C14H21N3O3. The summed E-state index contributed by atoms with van der Waals surface area (Å²) in [7, 11) is 0. The fourth-order valence-corrected chi connectivity index (χ4v) is 1.61. The molecule has 6 heteroatoms. The van der Waals surface area contributed by atoms with E-state index in [9.17, 15) is 9.59 Å². The standard InChI is InChI=1S/C14H21N3O3/c1-3-15-14(19)12-10-11(7-9-17-12)16-8-5-6-13(18)20-4-2/h7,9-10H,3-6,8H2,1-2H3,(H,15,19)(H,16,17). The molecule has 0 aromatic carbocycles. The Labute approximate surface area is 118 Å². The second-order valence-electron chi connectivity index (χ2n) is 4.12. The van der Waals surface area contributed by atoms with Crippen molar-refractivity contribution in [1.29, 1.82) is 0 Å². The van der Waals surface area contributed by atoms with Gasteiger partial charge in [-0.1, -0.05) is 0 Å². The van der Waals surface area contributed by atoms with Crippen LogP contribution in [0, 0.1) is 0 Å². The quantitative estimate of drug-likeness (QED) is 0.558. The zero-order valence-electron chi connectivity index (χ0n) is 11.9. The van der Waals surface area contributed by atoms with E-state index in [-0.39, 0.29) is 11.9 Å². The summed E-state index contributed by atoms with van der Waals surface area (Å²) in [5.41, 5.74) is 1.19. The number of carbonyl (C=O) groups is 2. The molecule has 20 heavy (non-hydrogen) atoms. The highest BCUT2D eigenvalue weighted by molar-refractivity contribution is 5.93. The molecule has 0 radical (unpaired) electrons. The molecule has 1 aromatic heterocycles. The van der Waals surface area contributed by atoms with Crippen LogP contribution >= 0.6 is 0 Å². The second kappa shape index (κ2) is 8.90. The SMILES string of the molecule is CCNC(=O)c1cc(NCCCC(=O)OCC)ccn1. The van der Waals surface area contributed by atoms with Gasteiger partial charge in [0.2, 0.25) is 0 Å². The summed E-state index contributed by atoms with van der Waals surface area (Å²) >= 11 is 0. The summed E-state index contributed by atoms with van der Waals surface area (Å²) in [6, 6.07) is 3.47. The van der Waals surface area contributed by atoms with Crippen LogP contribution in [0.1, 0.15) is 37.2 Å². The highest BCUT2D eigenvalue weighted by atomic mass is 16.5. The fourth-order valence-electron chi connectivity index (χ4n) is 1.61. The van der Waals surface area contributed by atoms with Crippen LogP contribution in [0.3, 0.4) is 0 Å². The van der Waals surface area contributed by atoms with Gasteiger partial charge in [0.15, 0.2) is 0 Å². The Morgan fingerprint density at radius 3 is 2.85 bits per heavy atom. The molecule has 1 aromatic rings.